The third-order valence-corrected chi connectivity index (χ3v) is 2.37. The average Bonchev–Trinajstić information content (AvgIpc) is 2.01. The molecular weight excluding hydrogens is 162 g/mol. The van der Waals surface area contributed by atoms with Gasteiger partial charge >= 0.3 is 0 Å². The Bertz CT molecular complexity index is 154. The van der Waals surface area contributed by atoms with Crippen molar-refractivity contribution in [2.24, 2.45) is 0 Å². The number of nitrogens with zero attached hydrogens (tertiary/aromatic N) is 1. The molecule has 0 aliphatic carbocycles. The lowest BCUT2D eigenvalue weighted by molar-refractivity contribution is -0.138. The van der Waals surface area contributed by atoms with Crippen LogP contribution in [0.2, 0.25) is 0 Å². The zero-order valence-corrected chi connectivity index (χ0v) is 6.96. The van der Waals surface area contributed by atoms with Gasteiger partial charge in [0.1, 0.15) is 12.2 Å². The first-order valence-electron chi connectivity index (χ1n) is 3.93. The standard InChI is InChI=1S/C7H15NO4/c1-8-2-5(10)7(12)6(11)4(8)3-9/h4-7,9-12H,2-3H2,1H3/t4?,5?,6-,7+/m1/s1. The minimum atomic E-state index is -1.15. The highest BCUT2D eigenvalue weighted by molar-refractivity contribution is 4.92. The van der Waals surface area contributed by atoms with E-state index in [2.05, 4.69) is 0 Å². The highest BCUT2D eigenvalue weighted by Gasteiger charge is 2.39. The number of piperidine rings is 1. The maximum absolute atomic E-state index is 9.37. The van der Waals surface area contributed by atoms with E-state index in [4.69, 9.17) is 5.11 Å². The minimum absolute atomic E-state index is 0.221. The van der Waals surface area contributed by atoms with Crippen LogP contribution < -0.4 is 0 Å². The number of likely N-dealkylation sites (N-methyl/N-ethyl adjacent to an activating group) is 1. The smallest absolute Gasteiger partial charge is 0.109 e. The van der Waals surface area contributed by atoms with E-state index < -0.39 is 24.4 Å². The first-order valence-corrected chi connectivity index (χ1v) is 3.93. The molecule has 1 fully saturated rings. The van der Waals surface area contributed by atoms with Crippen LogP contribution in [0.5, 0.6) is 0 Å². The van der Waals surface area contributed by atoms with E-state index in [-0.39, 0.29) is 13.2 Å². The molecule has 1 aliphatic heterocycles. The molecule has 1 saturated heterocycles. The lowest BCUT2D eigenvalue weighted by Gasteiger charge is -2.40. The van der Waals surface area contributed by atoms with Gasteiger partial charge in [0.2, 0.25) is 0 Å². The monoisotopic (exact) mass is 177 g/mol. The van der Waals surface area contributed by atoms with Crippen LogP contribution >= 0.6 is 0 Å². The van der Waals surface area contributed by atoms with Gasteiger partial charge in [-0.05, 0) is 7.05 Å². The van der Waals surface area contributed by atoms with E-state index in [0.717, 1.165) is 0 Å². The molecule has 0 radical (unpaired) electrons. The molecular formula is C7H15NO4. The van der Waals surface area contributed by atoms with Crippen molar-refractivity contribution in [3.8, 4) is 0 Å². The van der Waals surface area contributed by atoms with Crippen molar-refractivity contribution in [3.05, 3.63) is 0 Å². The number of aliphatic hydroxyl groups is 4. The second kappa shape index (κ2) is 3.68. The van der Waals surface area contributed by atoms with Crippen molar-refractivity contribution in [2.45, 2.75) is 24.4 Å². The average molecular weight is 177 g/mol. The highest BCUT2D eigenvalue weighted by Crippen LogP contribution is 2.16. The lowest BCUT2D eigenvalue weighted by Crippen LogP contribution is -2.61. The predicted octanol–water partition coefficient (Wildman–Crippen LogP) is -2.62. The molecule has 1 heterocycles. The van der Waals surface area contributed by atoms with E-state index in [9.17, 15) is 15.3 Å². The van der Waals surface area contributed by atoms with E-state index in [1.54, 1.807) is 11.9 Å². The van der Waals surface area contributed by atoms with Crippen molar-refractivity contribution in [1.29, 1.82) is 0 Å². The highest BCUT2D eigenvalue weighted by atomic mass is 16.4. The molecule has 0 aromatic rings. The Morgan fingerprint density at radius 2 is 1.83 bits per heavy atom. The summed E-state index contributed by atoms with van der Waals surface area (Å²) in [7, 11) is 1.68. The largest absolute Gasteiger partial charge is 0.395 e. The maximum atomic E-state index is 9.37. The molecule has 5 nitrogen and oxygen atoms in total. The summed E-state index contributed by atoms with van der Waals surface area (Å²) in [6.45, 7) is 0.0465. The molecule has 1 aliphatic rings. The summed E-state index contributed by atoms with van der Waals surface area (Å²) in [6.07, 6.45) is -3.17. The Labute approximate surface area is 70.9 Å². The van der Waals surface area contributed by atoms with Crippen LogP contribution in [0, 0.1) is 0 Å². The zero-order valence-electron chi connectivity index (χ0n) is 6.96. The quantitative estimate of drug-likeness (QED) is 0.352. The van der Waals surface area contributed by atoms with E-state index >= 15 is 0 Å². The fraction of sp³-hybridized carbons (Fsp3) is 1.00. The second-order valence-corrected chi connectivity index (χ2v) is 3.24. The molecule has 4 atom stereocenters. The van der Waals surface area contributed by atoms with Crippen LogP contribution in [0.1, 0.15) is 0 Å². The number of rotatable bonds is 1. The summed E-state index contributed by atoms with van der Waals surface area (Å²) in [5, 5.41) is 36.6. The van der Waals surface area contributed by atoms with Crippen LogP contribution in [0.25, 0.3) is 0 Å². The first-order chi connectivity index (χ1) is 5.57. The topological polar surface area (TPSA) is 84.2 Å². The van der Waals surface area contributed by atoms with Gasteiger partial charge in [-0.2, -0.15) is 0 Å². The number of β-amino-alcohol motifs (C(OH)–C–C–N with tert-alkyl or cyclic N) is 1. The molecule has 0 spiro atoms. The Hall–Kier alpha value is -0.200. The molecule has 5 heteroatoms. The number of aliphatic hydroxyl groups excluding tert-OH is 4. The number of likely N-dealkylation sites (tertiary alicyclic amines) is 1. The van der Waals surface area contributed by atoms with Gasteiger partial charge in [0.05, 0.1) is 18.8 Å². The van der Waals surface area contributed by atoms with Crippen molar-refractivity contribution < 1.29 is 20.4 Å². The molecule has 0 bridgehead atoms. The summed E-state index contributed by atoms with van der Waals surface area (Å²) >= 11 is 0. The van der Waals surface area contributed by atoms with E-state index in [1.807, 2.05) is 0 Å². The van der Waals surface area contributed by atoms with E-state index in [0.29, 0.717) is 0 Å². The molecule has 12 heavy (non-hydrogen) atoms. The predicted molar refractivity (Wildman–Crippen MR) is 41.5 cm³/mol. The van der Waals surface area contributed by atoms with Gasteiger partial charge < -0.3 is 20.4 Å². The lowest BCUT2D eigenvalue weighted by atomic mass is 9.95. The van der Waals surface area contributed by atoms with Gasteiger partial charge in [0, 0.05) is 6.54 Å². The van der Waals surface area contributed by atoms with Gasteiger partial charge in [0.25, 0.3) is 0 Å². The van der Waals surface area contributed by atoms with Crippen molar-refractivity contribution in [2.75, 3.05) is 20.2 Å². The molecule has 0 aromatic heterocycles. The zero-order chi connectivity index (χ0) is 9.30. The van der Waals surface area contributed by atoms with Crippen molar-refractivity contribution in [1.82, 2.24) is 4.90 Å². The van der Waals surface area contributed by atoms with Gasteiger partial charge in [-0.25, -0.2) is 0 Å². The van der Waals surface area contributed by atoms with Crippen molar-refractivity contribution >= 4 is 0 Å². The summed E-state index contributed by atoms with van der Waals surface area (Å²) < 4.78 is 0. The van der Waals surface area contributed by atoms with Crippen LogP contribution in [-0.4, -0.2) is 69.9 Å². The van der Waals surface area contributed by atoms with E-state index in [1.165, 1.54) is 0 Å². The van der Waals surface area contributed by atoms with Crippen LogP contribution in [-0.2, 0) is 0 Å². The molecule has 4 N–H and O–H groups in total. The molecule has 0 amide bonds. The van der Waals surface area contributed by atoms with Crippen molar-refractivity contribution in [3.63, 3.8) is 0 Å². The van der Waals surface area contributed by atoms with Gasteiger partial charge in [-0.1, -0.05) is 0 Å². The molecule has 1 rings (SSSR count). The van der Waals surface area contributed by atoms with Gasteiger partial charge in [-0.3, -0.25) is 4.90 Å². The fourth-order valence-corrected chi connectivity index (χ4v) is 1.50. The normalized spacial score (nSPS) is 44.8. The summed E-state index contributed by atoms with van der Waals surface area (Å²) in [6, 6.07) is -0.483. The van der Waals surface area contributed by atoms with Crippen LogP contribution in [0.3, 0.4) is 0 Å². The number of hydrogen-bond donors (Lipinski definition) is 4. The summed E-state index contributed by atoms with van der Waals surface area (Å²) in [5.41, 5.74) is 0. The van der Waals surface area contributed by atoms with Crippen LogP contribution in [0.4, 0.5) is 0 Å². The second-order valence-electron chi connectivity index (χ2n) is 3.24. The molecule has 72 valence electrons. The van der Waals surface area contributed by atoms with Gasteiger partial charge in [0.15, 0.2) is 0 Å². The SMILES string of the molecule is CN1CC(O)[C@H](O)[C@H](O)C1CO. The summed E-state index contributed by atoms with van der Waals surface area (Å²) in [4.78, 5) is 1.63. The molecule has 0 saturated carbocycles. The fourth-order valence-electron chi connectivity index (χ4n) is 1.50. The Morgan fingerprint density at radius 3 is 2.33 bits per heavy atom. The van der Waals surface area contributed by atoms with Crippen LogP contribution in [0.15, 0.2) is 0 Å². The minimum Gasteiger partial charge on any atom is -0.395 e. The molecule has 0 aromatic carbocycles. The number of hydrogen-bond acceptors (Lipinski definition) is 5. The maximum Gasteiger partial charge on any atom is 0.109 e. The first kappa shape index (κ1) is 9.88. The molecule has 2 unspecified atom stereocenters. The third kappa shape index (κ3) is 1.60. The Kier molecular flexibility index (Phi) is 3.03. The summed E-state index contributed by atoms with van der Waals surface area (Å²) in [5.74, 6) is 0. The van der Waals surface area contributed by atoms with Gasteiger partial charge in [-0.15, -0.1) is 0 Å². The third-order valence-electron chi connectivity index (χ3n) is 2.37. The Morgan fingerprint density at radius 1 is 1.25 bits per heavy atom. The Balaban J connectivity index is 2.65.